The molecule has 29 heavy (non-hydrogen) atoms. The molecule has 158 valence electrons. The van der Waals surface area contributed by atoms with Gasteiger partial charge in [0.1, 0.15) is 5.92 Å². The van der Waals surface area contributed by atoms with E-state index in [4.69, 9.17) is 9.47 Å². The van der Waals surface area contributed by atoms with Gasteiger partial charge in [0.2, 0.25) is 0 Å². The molecule has 1 aliphatic carbocycles. The molecular formula is C23H30O6. The monoisotopic (exact) mass is 402 g/mol. The van der Waals surface area contributed by atoms with Gasteiger partial charge in [-0.05, 0) is 40.2 Å². The van der Waals surface area contributed by atoms with E-state index in [0.29, 0.717) is 0 Å². The van der Waals surface area contributed by atoms with Crippen LogP contribution < -0.4 is 0 Å². The Morgan fingerprint density at radius 3 is 2.17 bits per heavy atom. The number of rotatable bonds is 6. The molecule has 0 bridgehead atoms. The number of esters is 2. The van der Waals surface area contributed by atoms with E-state index in [-0.39, 0.29) is 6.42 Å². The third-order valence-electron chi connectivity index (χ3n) is 4.84. The van der Waals surface area contributed by atoms with Gasteiger partial charge in [0.15, 0.2) is 5.78 Å². The molecule has 1 saturated carbocycles. The zero-order valence-electron chi connectivity index (χ0n) is 17.6. The molecule has 0 saturated heterocycles. The summed E-state index contributed by atoms with van der Waals surface area (Å²) in [4.78, 5) is 38.4. The molecule has 0 aromatic heterocycles. The van der Waals surface area contributed by atoms with Gasteiger partial charge >= 0.3 is 11.9 Å². The highest BCUT2D eigenvalue weighted by Crippen LogP contribution is 2.42. The normalized spacial score (nSPS) is 27.4. The first-order chi connectivity index (χ1) is 13.5. The third-order valence-corrected chi connectivity index (χ3v) is 4.84. The van der Waals surface area contributed by atoms with E-state index in [1.807, 2.05) is 30.3 Å². The second kappa shape index (κ2) is 9.35. The molecule has 1 fully saturated rings. The second-order valence-corrected chi connectivity index (χ2v) is 8.27. The van der Waals surface area contributed by atoms with Crippen LogP contribution in [0.15, 0.2) is 36.4 Å². The number of hydrogen-bond donors (Lipinski definition) is 1. The summed E-state index contributed by atoms with van der Waals surface area (Å²) in [6, 6.07) is 9.32. The van der Waals surface area contributed by atoms with Crippen LogP contribution in [0.5, 0.6) is 0 Å². The molecule has 1 aliphatic rings. The first-order valence-corrected chi connectivity index (χ1v) is 9.92. The van der Waals surface area contributed by atoms with Gasteiger partial charge in [-0.2, -0.15) is 0 Å². The second-order valence-electron chi connectivity index (χ2n) is 8.27. The SMILES string of the molecule is CC(C)OC(=O)[C@@H]1C(=O)C[C@](C)(O)[C@@H](C(=O)OC(C)C)[C@@H]1C=Cc1ccccc1. The number of carbonyl (C=O) groups is 3. The maximum absolute atomic E-state index is 12.9. The summed E-state index contributed by atoms with van der Waals surface area (Å²) in [5.41, 5.74) is -0.791. The van der Waals surface area contributed by atoms with Crippen molar-refractivity contribution in [2.75, 3.05) is 0 Å². The summed E-state index contributed by atoms with van der Waals surface area (Å²) >= 11 is 0. The number of Topliss-reactive ketones (excluding diaryl/α,β-unsaturated/α-hetero) is 1. The Morgan fingerprint density at radius 2 is 1.62 bits per heavy atom. The summed E-state index contributed by atoms with van der Waals surface area (Å²) in [6.07, 6.45) is 2.26. The molecule has 1 N–H and O–H groups in total. The van der Waals surface area contributed by atoms with Crippen molar-refractivity contribution in [1.29, 1.82) is 0 Å². The maximum atomic E-state index is 12.9. The molecule has 0 amide bonds. The molecular weight excluding hydrogens is 372 g/mol. The Balaban J connectivity index is 2.50. The van der Waals surface area contributed by atoms with E-state index >= 15 is 0 Å². The van der Waals surface area contributed by atoms with Gasteiger partial charge in [-0.3, -0.25) is 14.4 Å². The van der Waals surface area contributed by atoms with Crippen LogP contribution >= 0.6 is 0 Å². The Bertz CT molecular complexity index is 755. The number of allylic oxidation sites excluding steroid dienone is 1. The minimum Gasteiger partial charge on any atom is -0.463 e. The van der Waals surface area contributed by atoms with Crippen LogP contribution in [0.25, 0.3) is 6.08 Å². The quantitative estimate of drug-likeness (QED) is 0.581. The summed E-state index contributed by atoms with van der Waals surface area (Å²) < 4.78 is 10.6. The lowest BCUT2D eigenvalue weighted by Crippen LogP contribution is -2.56. The number of ether oxygens (including phenoxy) is 2. The number of benzene rings is 1. The van der Waals surface area contributed by atoms with Gasteiger partial charge in [0, 0.05) is 12.3 Å². The van der Waals surface area contributed by atoms with Crippen molar-refractivity contribution in [2.24, 2.45) is 17.8 Å². The van der Waals surface area contributed by atoms with Crippen LogP contribution in [-0.2, 0) is 23.9 Å². The number of carbonyl (C=O) groups excluding carboxylic acids is 3. The minimum absolute atomic E-state index is 0.321. The average molecular weight is 402 g/mol. The maximum Gasteiger partial charge on any atom is 0.317 e. The Kier molecular flexibility index (Phi) is 7.36. The van der Waals surface area contributed by atoms with Crippen molar-refractivity contribution in [1.82, 2.24) is 0 Å². The van der Waals surface area contributed by atoms with Crippen LogP contribution in [0.2, 0.25) is 0 Å². The highest BCUT2D eigenvalue weighted by Gasteiger charge is 2.56. The van der Waals surface area contributed by atoms with Gasteiger partial charge < -0.3 is 14.6 Å². The first kappa shape index (κ1) is 22.8. The van der Waals surface area contributed by atoms with Crippen LogP contribution in [0.1, 0.15) is 46.6 Å². The van der Waals surface area contributed by atoms with Crippen molar-refractivity contribution in [3.63, 3.8) is 0 Å². The van der Waals surface area contributed by atoms with E-state index in [1.165, 1.54) is 6.92 Å². The largest absolute Gasteiger partial charge is 0.463 e. The van der Waals surface area contributed by atoms with Crippen molar-refractivity contribution < 1.29 is 29.0 Å². The van der Waals surface area contributed by atoms with Crippen molar-refractivity contribution in [3.8, 4) is 0 Å². The molecule has 4 atom stereocenters. The first-order valence-electron chi connectivity index (χ1n) is 9.92. The lowest BCUT2D eigenvalue weighted by Gasteiger charge is -2.42. The van der Waals surface area contributed by atoms with Gasteiger partial charge in [-0.25, -0.2) is 0 Å². The lowest BCUT2D eigenvalue weighted by molar-refractivity contribution is -0.178. The fourth-order valence-electron chi connectivity index (χ4n) is 3.71. The number of hydrogen-bond acceptors (Lipinski definition) is 6. The van der Waals surface area contributed by atoms with E-state index < -0.39 is 53.3 Å². The summed E-state index contributed by atoms with van der Waals surface area (Å²) in [5.74, 6) is -4.91. The molecule has 1 aromatic carbocycles. The lowest BCUT2D eigenvalue weighted by atomic mass is 9.63. The molecule has 0 unspecified atom stereocenters. The molecule has 1 aromatic rings. The zero-order chi connectivity index (χ0) is 21.8. The average Bonchev–Trinajstić information content (AvgIpc) is 2.58. The Morgan fingerprint density at radius 1 is 1.07 bits per heavy atom. The fraction of sp³-hybridized carbons (Fsp3) is 0.522. The van der Waals surface area contributed by atoms with E-state index in [9.17, 15) is 19.5 Å². The van der Waals surface area contributed by atoms with Gasteiger partial charge in [0.25, 0.3) is 0 Å². The molecule has 2 rings (SSSR count). The third kappa shape index (κ3) is 5.76. The minimum atomic E-state index is -1.64. The summed E-state index contributed by atoms with van der Waals surface area (Å²) in [7, 11) is 0. The predicted molar refractivity (Wildman–Crippen MR) is 109 cm³/mol. The predicted octanol–water partition coefficient (Wildman–Crippen LogP) is 3.18. The van der Waals surface area contributed by atoms with E-state index in [1.54, 1.807) is 39.8 Å². The standard InChI is InChI=1S/C23H30O6/c1-14(2)28-21(25)19-17(12-11-16-9-7-6-8-10-16)20(22(26)29-15(3)4)23(5,27)13-18(19)24/h6-12,14-15,17,19-20,27H,13H2,1-5H3/t17-,19+,20-,23+/m1/s1. The molecule has 6 heteroatoms. The van der Waals surface area contributed by atoms with Crippen molar-refractivity contribution in [2.45, 2.75) is 58.8 Å². The van der Waals surface area contributed by atoms with Crippen LogP contribution in [0, 0.1) is 17.8 Å². The van der Waals surface area contributed by atoms with E-state index in [0.717, 1.165) is 5.56 Å². The molecule has 0 heterocycles. The smallest absolute Gasteiger partial charge is 0.317 e. The summed E-state index contributed by atoms with van der Waals surface area (Å²) in [5, 5.41) is 10.9. The van der Waals surface area contributed by atoms with Crippen molar-refractivity contribution in [3.05, 3.63) is 42.0 Å². The van der Waals surface area contributed by atoms with Crippen LogP contribution in [0.4, 0.5) is 0 Å². The Hall–Kier alpha value is -2.47. The molecule has 0 radical (unpaired) electrons. The number of ketones is 1. The van der Waals surface area contributed by atoms with Gasteiger partial charge in [-0.15, -0.1) is 0 Å². The Labute approximate surface area is 171 Å². The molecule has 0 spiro atoms. The van der Waals surface area contributed by atoms with Crippen molar-refractivity contribution >= 4 is 23.8 Å². The van der Waals surface area contributed by atoms with Crippen LogP contribution in [0.3, 0.4) is 0 Å². The van der Waals surface area contributed by atoms with Crippen LogP contribution in [-0.4, -0.2) is 40.6 Å². The highest BCUT2D eigenvalue weighted by molar-refractivity contribution is 6.02. The molecule has 0 aliphatic heterocycles. The topological polar surface area (TPSA) is 89.9 Å². The van der Waals surface area contributed by atoms with Gasteiger partial charge in [0.05, 0.1) is 23.7 Å². The fourth-order valence-corrected chi connectivity index (χ4v) is 3.71. The highest BCUT2D eigenvalue weighted by atomic mass is 16.5. The summed E-state index contributed by atoms with van der Waals surface area (Å²) in [6.45, 7) is 8.24. The molecule has 6 nitrogen and oxygen atoms in total. The zero-order valence-corrected chi connectivity index (χ0v) is 17.6. The van der Waals surface area contributed by atoms with Gasteiger partial charge in [-0.1, -0.05) is 42.5 Å². The number of aliphatic hydroxyl groups is 1. The van der Waals surface area contributed by atoms with E-state index in [2.05, 4.69) is 0 Å².